The highest BCUT2D eigenvalue weighted by atomic mass is 16.3. The Morgan fingerprint density at radius 2 is 0.938 bits per heavy atom. The predicted molar refractivity (Wildman–Crippen MR) is 272 cm³/mol. The van der Waals surface area contributed by atoms with E-state index in [-0.39, 0.29) is 0 Å². The van der Waals surface area contributed by atoms with Gasteiger partial charge in [0, 0.05) is 67.2 Å². The van der Waals surface area contributed by atoms with Crippen molar-refractivity contribution in [2.24, 2.45) is 4.99 Å². The molecule has 13 rings (SSSR count). The van der Waals surface area contributed by atoms with Crippen LogP contribution in [0.1, 0.15) is 12.7 Å². The summed E-state index contributed by atoms with van der Waals surface area (Å²) in [6.07, 6.45) is 7.76. The summed E-state index contributed by atoms with van der Waals surface area (Å²) < 4.78 is 13.2. The number of benzene rings is 8. The van der Waals surface area contributed by atoms with Gasteiger partial charge >= 0.3 is 0 Å². The van der Waals surface area contributed by atoms with E-state index in [1.54, 1.807) is 0 Å². The molecule has 8 aromatic carbocycles. The lowest BCUT2D eigenvalue weighted by Gasteiger charge is -2.11. The molecular formula is C59H39N5O. The van der Waals surface area contributed by atoms with Gasteiger partial charge in [-0.25, -0.2) is 0 Å². The minimum atomic E-state index is 0.716. The Hall–Kier alpha value is -8.74. The van der Waals surface area contributed by atoms with Gasteiger partial charge in [0.05, 0.1) is 33.1 Å². The first-order chi connectivity index (χ1) is 32.1. The zero-order chi connectivity index (χ0) is 43.2. The molecule has 0 aliphatic rings. The normalized spacial score (nSPS) is 12.1. The molecule has 0 unspecified atom stereocenters. The van der Waals surface area contributed by atoms with Crippen LogP contribution >= 0.6 is 0 Å². The molecule has 0 saturated carbocycles. The van der Waals surface area contributed by atoms with Crippen LogP contribution in [0.15, 0.2) is 210 Å². The summed E-state index contributed by atoms with van der Waals surface area (Å²) in [5.74, 6) is 0.716. The van der Waals surface area contributed by atoms with Gasteiger partial charge in [-0.05, 0) is 133 Å². The number of rotatable bonds is 7. The number of fused-ring (bicyclic) bond motifs is 10. The average molecular weight is 834 g/mol. The second-order valence-corrected chi connectivity index (χ2v) is 16.7. The van der Waals surface area contributed by atoms with Crippen LogP contribution in [0, 0.1) is 0 Å². The molecule has 5 aromatic heterocycles. The summed E-state index contributed by atoms with van der Waals surface area (Å²) in [5, 5.41) is 8.10. The second kappa shape index (κ2) is 14.4. The number of allylic oxidation sites excluding steroid dienone is 1. The Morgan fingerprint density at radius 1 is 0.446 bits per heavy atom. The fourth-order valence-electron chi connectivity index (χ4n) is 10.2. The molecule has 0 fully saturated rings. The number of hydrogen-bond donors (Lipinski definition) is 0. The zero-order valence-corrected chi connectivity index (χ0v) is 35.5. The fraction of sp³-hybridized carbons (Fsp3) is 0.0169. The third kappa shape index (κ3) is 5.60. The highest BCUT2D eigenvalue weighted by molar-refractivity contribution is 6.13. The van der Waals surface area contributed by atoms with Crippen LogP contribution in [0.4, 0.5) is 5.69 Å². The van der Waals surface area contributed by atoms with Crippen LogP contribution in [0.5, 0.6) is 0 Å². The van der Waals surface area contributed by atoms with Crippen molar-refractivity contribution in [1.29, 1.82) is 0 Å². The molecule has 0 bridgehead atoms. The number of hydrogen-bond acceptors (Lipinski definition) is 3. The molecular weight excluding hydrogens is 795 g/mol. The quantitative estimate of drug-likeness (QED) is 0.150. The summed E-state index contributed by atoms with van der Waals surface area (Å²) in [4.78, 5) is 8.89. The van der Waals surface area contributed by atoms with Gasteiger partial charge in [0.2, 0.25) is 0 Å². The summed E-state index contributed by atoms with van der Waals surface area (Å²) in [6, 6.07) is 65.9. The number of para-hydroxylation sites is 3. The maximum atomic E-state index is 6.13. The molecule has 6 heteroatoms. The zero-order valence-electron chi connectivity index (χ0n) is 35.5. The van der Waals surface area contributed by atoms with Crippen LogP contribution < -0.4 is 0 Å². The molecule has 0 N–H and O–H groups in total. The van der Waals surface area contributed by atoms with Crippen molar-refractivity contribution < 1.29 is 4.42 Å². The van der Waals surface area contributed by atoms with E-state index in [0.29, 0.717) is 5.76 Å². The first-order valence-electron chi connectivity index (χ1n) is 21.9. The lowest BCUT2D eigenvalue weighted by Crippen LogP contribution is -1.95. The molecule has 0 spiro atoms. The van der Waals surface area contributed by atoms with Gasteiger partial charge in [0.25, 0.3) is 0 Å². The molecule has 0 atom stereocenters. The van der Waals surface area contributed by atoms with Crippen molar-refractivity contribution in [2.45, 2.75) is 6.92 Å². The number of furan rings is 1. The predicted octanol–water partition coefficient (Wildman–Crippen LogP) is 15.8. The molecule has 306 valence electrons. The third-order valence-corrected chi connectivity index (χ3v) is 13.1. The topological polar surface area (TPSA) is 53.2 Å². The van der Waals surface area contributed by atoms with E-state index in [0.717, 1.165) is 61.2 Å². The Balaban J connectivity index is 0.875. The van der Waals surface area contributed by atoms with Gasteiger partial charge in [-0.1, -0.05) is 97.1 Å². The molecule has 0 amide bonds. The standard InChI is InChI=1S/C59H39N5O/c1-3-11-58-59(60-2)49-35-43(25-29-57(49)65-58)64-52-17-10-8-15-45(52)47-33-40(23-27-54(47)64)38-20-18-37(19-21-38)39-22-26-53-46(32-39)44-14-7-9-16-51(44)63(53)42-24-28-55-48(34-42)50-36-61-31-30-56(50)62(55)41-12-5-4-6-13-41/h3-36H,2H2,1H3/b11-3-. The number of pyridine rings is 1. The maximum Gasteiger partial charge on any atom is 0.153 e. The minimum absolute atomic E-state index is 0.716. The SMILES string of the molecule is C=Nc1c(/C=C\C)oc2ccc(-n3c4ccccc4c4cc(-c5ccc(-c6ccc7c(c6)c6ccccc6n7-c6ccc7c(c6)c6cnccc6n7-c6ccccc6)cc5)ccc43)cc12. The summed E-state index contributed by atoms with van der Waals surface area (Å²) >= 11 is 0. The van der Waals surface area contributed by atoms with E-state index in [2.05, 4.69) is 206 Å². The largest absolute Gasteiger partial charge is 0.454 e. The fourth-order valence-corrected chi connectivity index (χ4v) is 10.2. The van der Waals surface area contributed by atoms with Crippen molar-refractivity contribution in [2.75, 3.05) is 0 Å². The second-order valence-electron chi connectivity index (χ2n) is 16.7. The molecule has 6 nitrogen and oxygen atoms in total. The molecule has 0 radical (unpaired) electrons. The van der Waals surface area contributed by atoms with E-state index >= 15 is 0 Å². The van der Waals surface area contributed by atoms with Crippen molar-refractivity contribution in [1.82, 2.24) is 18.7 Å². The van der Waals surface area contributed by atoms with Crippen molar-refractivity contribution in [3.05, 3.63) is 206 Å². The number of nitrogens with zero attached hydrogens (tertiary/aromatic N) is 5. The first-order valence-corrected chi connectivity index (χ1v) is 21.9. The lowest BCUT2D eigenvalue weighted by molar-refractivity contribution is 0.605. The van der Waals surface area contributed by atoms with Crippen molar-refractivity contribution in [3.8, 4) is 39.3 Å². The molecule has 0 aliphatic heterocycles. The first kappa shape index (κ1) is 36.9. The Morgan fingerprint density at radius 3 is 1.55 bits per heavy atom. The molecule has 0 saturated heterocycles. The smallest absolute Gasteiger partial charge is 0.153 e. The highest BCUT2D eigenvalue weighted by Gasteiger charge is 2.19. The van der Waals surface area contributed by atoms with Gasteiger partial charge in [-0.2, -0.15) is 0 Å². The van der Waals surface area contributed by atoms with E-state index in [1.807, 2.05) is 37.5 Å². The summed E-state index contributed by atoms with van der Waals surface area (Å²) in [5.41, 5.74) is 16.5. The van der Waals surface area contributed by atoms with Crippen molar-refractivity contribution in [3.63, 3.8) is 0 Å². The Labute approximate surface area is 373 Å². The van der Waals surface area contributed by atoms with Crippen LogP contribution in [-0.4, -0.2) is 25.4 Å². The molecule has 0 aliphatic carbocycles. The van der Waals surface area contributed by atoms with Crippen LogP contribution in [0.3, 0.4) is 0 Å². The number of aromatic nitrogens is 4. The third-order valence-electron chi connectivity index (χ3n) is 13.1. The monoisotopic (exact) mass is 833 g/mol. The Kier molecular flexibility index (Phi) is 8.17. The van der Waals surface area contributed by atoms with E-state index in [4.69, 9.17) is 4.42 Å². The maximum absolute atomic E-state index is 6.13. The summed E-state index contributed by atoms with van der Waals surface area (Å²) in [6.45, 7) is 5.82. The van der Waals surface area contributed by atoms with Gasteiger partial charge in [-0.3, -0.25) is 9.98 Å². The minimum Gasteiger partial charge on any atom is -0.454 e. The van der Waals surface area contributed by atoms with Crippen LogP contribution in [0.25, 0.3) is 122 Å². The van der Waals surface area contributed by atoms with E-state index in [9.17, 15) is 0 Å². The van der Waals surface area contributed by atoms with Crippen molar-refractivity contribution >= 4 is 94.9 Å². The summed E-state index contributed by atoms with van der Waals surface area (Å²) in [7, 11) is 0. The molecule has 5 heterocycles. The van der Waals surface area contributed by atoms with Gasteiger partial charge < -0.3 is 18.1 Å². The van der Waals surface area contributed by atoms with Gasteiger partial charge in [-0.15, -0.1) is 0 Å². The Bertz CT molecular complexity index is 4080. The van der Waals surface area contributed by atoms with E-state index in [1.165, 1.54) is 60.2 Å². The number of aliphatic imine (C=N–C) groups is 1. The van der Waals surface area contributed by atoms with Crippen LogP contribution in [0.2, 0.25) is 0 Å². The highest BCUT2D eigenvalue weighted by Crippen LogP contribution is 2.41. The molecule has 13 aromatic rings. The van der Waals surface area contributed by atoms with Gasteiger partial charge in [0.1, 0.15) is 11.3 Å². The van der Waals surface area contributed by atoms with E-state index < -0.39 is 0 Å². The lowest BCUT2D eigenvalue weighted by atomic mass is 9.98. The average Bonchev–Trinajstić information content (AvgIpc) is 4.09. The van der Waals surface area contributed by atoms with Gasteiger partial charge in [0.15, 0.2) is 5.76 Å². The molecule has 65 heavy (non-hydrogen) atoms. The van der Waals surface area contributed by atoms with Crippen LogP contribution in [-0.2, 0) is 0 Å².